The Morgan fingerprint density at radius 2 is 2.14 bits per heavy atom. The van der Waals surface area contributed by atoms with Gasteiger partial charge in [0.15, 0.2) is 0 Å². The number of nitrogens with zero attached hydrogens (tertiary/aromatic N) is 1. The highest BCUT2D eigenvalue weighted by atomic mass is 16.5. The highest BCUT2D eigenvalue weighted by Gasteiger charge is 2.39. The first kappa shape index (κ1) is 16.2. The fourth-order valence-electron chi connectivity index (χ4n) is 3.14. The minimum absolute atomic E-state index is 0.00866. The first-order valence-electron chi connectivity index (χ1n) is 7.63. The highest BCUT2D eigenvalue weighted by Crippen LogP contribution is 2.40. The van der Waals surface area contributed by atoms with Crippen molar-refractivity contribution in [3.05, 3.63) is 0 Å². The number of carbonyl (C=O) groups excluding carboxylic acids is 2. The van der Waals surface area contributed by atoms with Crippen molar-refractivity contribution in [2.75, 3.05) is 47.1 Å². The molecular weight excluding hydrogens is 272 g/mol. The third kappa shape index (κ3) is 3.95. The van der Waals surface area contributed by atoms with E-state index in [1.807, 2.05) is 0 Å². The second kappa shape index (κ2) is 7.22. The molecule has 0 bridgehead atoms. The molecule has 1 atom stereocenters. The molecule has 1 saturated carbocycles. The van der Waals surface area contributed by atoms with E-state index in [0.29, 0.717) is 39.3 Å². The van der Waals surface area contributed by atoms with E-state index in [1.165, 1.54) is 6.42 Å². The molecule has 2 fully saturated rings. The van der Waals surface area contributed by atoms with Crippen LogP contribution in [0.25, 0.3) is 0 Å². The molecule has 2 amide bonds. The summed E-state index contributed by atoms with van der Waals surface area (Å²) in [5.74, 6) is -0.192. The molecule has 1 aliphatic carbocycles. The van der Waals surface area contributed by atoms with E-state index in [-0.39, 0.29) is 23.1 Å². The van der Waals surface area contributed by atoms with E-state index in [1.54, 1.807) is 19.1 Å². The SMILES string of the molecule is COCCN1CC(C(=O)NCC2(COC)CCC2)CC1=O. The van der Waals surface area contributed by atoms with Gasteiger partial charge in [-0.05, 0) is 12.8 Å². The number of rotatable bonds is 8. The van der Waals surface area contributed by atoms with Gasteiger partial charge in [-0.3, -0.25) is 9.59 Å². The Kier molecular flexibility index (Phi) is 5.58. The number of carbonyl (C=O) groups is 2. The van der Waals surface area contributed by atoms with Gasteiger partial charge in [-0.25, -0.2) is 0 Å². The Labute approximate surface area is 126 Å². The zero-order valence-electron chi connectivity index (χ0n) is 13.0. The van der Waals surface area contributed by atoms with E-state index < -0.39 is 0 Å². The minimum Gasteiger partial charge on any atom is -0.384 e. The summed E-state index contributed by atoms with van der Waals surface area (Å²) < 4.78 is 10.2. The van der Waals surface area contributed by atoms with Crippen LogP contribution in [-0.2, 0) is 19.1 Å². The monoisotopic (exact) mass is 298 g/mol. The van der Waals surface area contributed by atoms with E-state index in [4.69, 9.17) is 9.47 Å². The quantitative estimate of drug-likeness (QED) is 0.705. The molecule has 0 aromatic carbocycles. The van der Waals surface area contributed by atoms with Crippen LogP contribution in [0.1, 0.15) is 25.7 Å². The highest BCUT2D eigenvalue weighted by molar-refractivity contribution is 5.89. The molecule has 21 heavy (non-hydrogen) atoms. The lowest BCUT2D eigenvalue weighted by atomic mass is 9.69. The summed E-state index contributed by atoms with van der Waals surface area (Å²) in [4.78, 5) is 25.8. The van der Waals surface area contributed by atoms with Crippen LogP contribution < -0.4 is 5.32 Å². The normalized spacial score (nSPS) is 24.0. The van der Waals surface area contributed by atoms with Gasteiger partial charge in [0.1, 0.15) is 0 Å². The Morgan fingerprint density at radius 1 is 1.38 bits per heavy atom. The third-order valence-corrected chi connectivity index (χ3v) is 4.65. The zero-order chi connectivity index (χ0) is 15.3. The molecule has 1 heterocycles. The number of amides is 2. The van der Waals surface area contributed by atoms with Gasteiger partial charge < -0.3 is 19.7 Å². The fraction of sp³-hybridized carbons (Fsp3) is 0.867. The number of methoxy groups -OCH3 is 2. The first-order chi connectivity index (χ1) is 10.1. The van der Waals surface area contributed by atoms with Crippen molar-refractivity contribution >= 4 is 11.8 Å². The maximum Gasteiger partial charge on any atom is 0.225 e. The molecule has 1 saturated heterocycles. The molecular formula is C15H26N2O4. The average Bonchev–Trinajstić information content (AvgIpc) is 2.80. The zero-order valence-corrected chi connectivity index (χ0v) is 13.0. The van der Waals surface area contributed by atoms with Crippen LogP contribution in [0.5, 0.6) is 0 Å². The number of hydrogen-bond donors (Lipinski definition) is 1. The van der Waals surface area contributed by atoms with E-state index >= 15 is 0 Å². The Morgan fingerprint density at radius 3 is 2.71 bits per heavy atom. The Hall–Kier alpha value is -1.14. The summed E-state index contributed by atoms with van der Waals surface area (Å²) in [5.41, 5.74) is 0.114. The lowest BCUT2D eigenvalue weighted by Gasteiger charge is -2.41. The summed E-state index contributed by atoms with van der Waals surface area (Å²) in [7, 11) is 3.31. The van der Waals surface area contributed by atoms with E-state index in [2.05, 4.69) is 5.32 Å². The van der Waals surface area contributed by atoms with E-state index in [0.717, 1.165) is 12.8 Å². The maximum absolute atomic E-state index is 12.2. The third-order valence-electron chi connectivity index (χ3n) is 4.65. The lowest BCUT2D eigenvalue weighted by Crippen LogP contribution is -2.46. The van der Waals surface area contributed by atoms with Crippen LogP contribution >= 0.6 is 0 Å². The fourth-order valence-corrected chi connectivity index (χ4v) is 3.14. The molecule has 1 aliphatic heterocycles. The molecule has 0 aromatic heterocycles. The summed E-state index contributed by atoms with van der Waals surface area (Å²) in [6.07, 6.45) is 3.72. The second-order valence-electron chi connectivity index (χ2n) is 6.24. The second-order valence-corrected chi connectivity index (χ2v) is 6.24. The van der Waals surface area contributed by atoms with Gasteiger partial charge in [-0.15, -0.1) is 0 Å². The van der Waals surface area contributed by atoms with Gasteiger partial charge in [-0.1, -0.05) is 6.42 Å². The molecule has 2 rings (SSSR count). The Balaban J connectivity index is 1.77. The number of ether oxygens (including phenoxy) is 2. The number of hydrogen-bond acceptors (Lipinski definition) is 4. The average molecular weight is 298 g/mol. The van der Waals surface area contributed by atoms with Gasteiger partial charge in [-0.2, -0.15) is 0 Å². The van der Waals surface area contributed by atoms with Crippen molar-refractivity contribution in [2.45, 2.75) is 25.7 Å². The smallest absolute Gasteiger partial charge is 0.225 e. The maximum atomic E-state index is 12.2. The molecule has 1 N–H and O–H groups in total. The minimum atomic E-state index is -0.228. The molecule has 6 heteroatoms. The molecule has 0 radical (unpaired) electrons. The largest absolute Gasteiger partial charge is 0.384 e. The number of nitrogens with one attached hydrogen (secondary N) is 1. The Bertz CT molecular complexity index is 382. The molecule has 1 unspecified atom stereocenters. The van der Waals surface area contributed by atoms with Crippen molar-refractivity contribution < 1.29 is 19.1 Å². The molecule has 6 nitrogen and oxygen atoms in total. The van der Waals surface area contributed by atoms with Crippen LogP contribution in [0.4, 0.5) is 0 Å². The summed E-state index contributed by atoms with van der Waals surface area (Å²) in [6, 6.07) is 0. The summed E-state index contributed by atoms with van der Waals surface area (Å²) >= 11 is 0. The van der Waals surface area contributed by atoms with Gasteiger partial charge in [0.25, 0.3) is 0 Å². The van der Waals surface area contributed by atoms with Crippen LogP contribution in [0.3, 0.4) is 0 Å². The van der Waals surface area contributed by atoms with E-state index in [9.17, 15) is 9.59 Å². The van der Waals surface area contributed by atoms with Crippen molar-refractivity contribution in [3.63, 3.8) is 0 Å². The van der Waals surface area contributed by atoms with Crippen molar-refractivity contribution in [1.82, 2.24) is 10.2 Å². The van der Waals surface area contributed by atoms with Crippen LogP contribution in [0.15, 0.2) is 0 Å². The van der Waals surface area contributed by atoms with Crippen LogP contribution in [-0.4, -0.2) is 63.8 Å². The molecule has 2 aliphatic rings. The standard InChI is InChI=1S/C15H26N2O4/c1-20-7-6-17-9-12(8-13(17)18)14(19)16-10-15(11-21-2)4-3-5-15/h12H,3-11H2,1-2H3,(H,16,19). The lowest BCUT2D eigenvalue weighted by molar-refractivity contribution is -0.129. The van der Waals surface area contributed by atoms with Crippen molar-refractivity contribution in [2.24, 2.45) is 11.3 Å². The topological polar surface area (TPSA) is 67.9 Å². The van der Waals surface area contributed by atoms with Gasteiger partial charge in [0.05, 0.1) is 19.1 Å². The summed E-state index contributed by atoms with van der Waals surface area (Å²) in [5, 5.41) is 3.02. The molecule has 0 spiro atoms. The van der Waals surface area contributed by atoms with Crippen LogP contribution in [0, 0.1) is 11.3 Å². The van der Waals surface area contributed by atoms with Crippen molar-refractivity contribution in [1.29, 1.82) is 0 Å². The predicted octanol–water partition coefficient (Wildman–Crippen LogP) is 0.414. The predicted molar refractivity (Wildman–Crippen MR) is 77.7 cm³/mol. The van der Waals surface area contributed by atoms with Gasteiger partial charge in [0, 0.05) is 45.7 Å². The summed E-state index contributed by atoms with van der Waals surface area (Å²) in [6.45, 7) is 2.92. The van der Waals surface area contributed by atoms with Crippen LogP contribution in [0.2, 0.25) is 0 Å². The number of likely N-dealkylation sites (tertiary alicyclic amines) is 1. The van der Waals surface area contributed by atoms with Crippen molar-refractivity contribution in [3.8, 4) is 0 Å². The molecule has 0 aromatic rings. The molecule has 120 valence electrons. The van der Waals surface area contributed by atoms with Gasteiger partial charge >= 0.3 is 0 Å². The first-order valence-corrected chi connectivity index (χ1v) is 7.63. The van der Waals surface area contributed by atoms with Gasteiger partial charge in [0.2, 0.25) is 11.8 Å².